The maximum absolute atomic E-state index is 5.35. The Morgan fingerprint density at radius 2 is 1.86 bits per heavy atom. The second kappa shape index (κ2) is 8.22. The first-order valence-corrected chi connectivity index (χ1v) is 7.55. The molecule has 118 valence electrons. The third-order valence-corrected chi connectivity index (χ3v) is 3.91. The Morgan fingerprint density at radius 3 is 2.52 bits per heavy atom. The molecule has 0 bridgehead atoms. The fourth-order valence-electron chi connectivity index (χ4n) is 2.62. The Morgan fingerprint density at radius 1 is 1.14 bits per heavy atom. The molecule has 0 amide bonds. The lowest BCUT2D eigenvalue weighted by Crippen LogP contribution is -2.45. The minimum Gasteiger partial charge on any atom is -0.493 e. The van der Waals surface area contributed by atoms with Gasteiger partial charge in [0.05, 0.1) is 14.2 Å². The average molecular weight is 293 g/mol. The highest BCUT2D eigenvalue weighted by molar-refractivity contribution is 5.42. The topological polar surface area (TPSA) is 37.0 Å². The van der Waals surface area contributed by atoms with Crippen LogP contribution >= 0.6 is 0 Å². The van der Waals surface area contributed by atoms with Gasteiger partial charge in [0.2, 0.25) is 0 Å². The van der Waals surface area contributed by atoms with E-state index in [1.807, 2.05) is 6.07 Å². The summed E-state index contributed by atoms with van der Waals surface area (Å²) in [5.41, 5.74) is 1.25. The molecule has 1 aromatic rings. The van der Waals surface area contributed by atoms with Crippen molar-refractivity contribution in [3.05, 3.63) is 23.8 Å². The number of benzene rings is 1. The van der Waals surface area contributed by atoms with Crippen LogP contribution < -0.4 is 14.8 Å². The van der Waals surface area contributed by atoms with E-state index < -0.39 is 0 Å². The summed E-state index contributed by atoms with van der Waals surface area (Å²) < 4.78 is 10.6. The van der Waals surface area contributed by atoms with Crippen LogP contribution in [-0.4, -0.2) is 70.3 Å². The molecule has 5 heteroatoms. The van der Waals surface area contributed by atoms with E-state index in [9.17, 15) is 0 Å². The number of hydrogen-bond donors (Lipinski definition) is 1. The molecule has 1 N–H and O–H groups in total. The molecule has 0 aromatic heterocycles. The lowest BCUT2D eigenvalue weighted by atomic mass is 10.2. The summed E-state index contributed by atoms with van der Waals surface area (Å²) in [5.74, 6) is 1.58. The quantitative estimate of drug-likeness (QED) is 0.813. The smallest absolute Gasteiger partial charge is 0.161 e. The van der Waals surface area contributed by atoms with Gasteiger partial charge in [-0.05, 0) is 24.7 Å². The van der Waals surface area contributed by atoms with Crippen LogP contribution in [0.2, 0.25) is 0 Å². The summed E-state index contributed by atoms with van der Waals surface area (Å²) in [6.45, 7) is 7.67. The molecule has 0 spiro atoms. The first-order valence-electron chi connectivity index (χ1n) is 7.55. The van der Waals surface area contributed by atoms with Gasteiger partial charge in [-0.2, -0.15) is 0 Å². The largest absolute Gasteiger partial charge is 0.493 e. The van der Waals surface area contributed by atoms with Crippen molar-refractivity contribution in [2.24, 2.45) is 0 Å². The molecule has 0 radical (unpaired) electrons. The number of likely N-dealkylation sites (N-methyl/N-ethyl adjacent to an activating group) is 1. The van der Waals surface area contributed by atoms with Crippen LogP contribution in [0.25, 0.3) is 0 Å². The summed E-state index contributed by atoms with van der Waals surface area (Å²) >= 11 is 0. The van der Waals surface area contributed by atoms with Gasteiger partial charge in [0.15, 0.2) is 11.5 Å². The predicted octanol–water partition coefficient (Wildman–Crippen LogP) is 1.04. The van der Waals surface area contributed by atoms with E-state index in [0.29, 0.717) is 0 Å². The molecule has 1 heterocycles. The number of nitrogens with zero attached hydrogens (tertiary/aromatic N) is 2. The lowest BCUT2D eigenvalue weighted by Gasteiger charge is -2.29. The van der Waals surface area contributed by atoms with Crippen molar-refractivity contribution < 1.29 is 9.47 Å². The van der Waals surface area contributed by atoms with Crippen molar-refractivity contribution in [2.75, 3.05) is 60.5 Å². The summed E-state index contributed by atoms with van der Waals surface area (Å²) in [5, 5.41) is 3.38. The van der Waals surface area contributed by atoms with Crippen molar-refractivity contribution in [2.45, 2.75) is 6.54 Å². The Kier molecular flexibility index (Phi) is 6.29. The molecule has 1 aromatic carbocycles. The molecule has 0 atom stereocenters. The number of rotatable bonds is 7. The molecule has 0 saturated carbocycles. The van der Waals surface area contributed by atoms with Gasteiger partial charge in [0.1, 0.15) is 0 Å². The van der Waals surface area contributed by atoms with Crippen LogP contribution in [0.4, 0.5) is 0 Å². The molecule has 1 aliphatic heterocycles. The van der Waals surface area contributed by atoms with E-state index in [-0.39, 0.29) is 0 Å². The van der Waals surface area contributed by atoms with Crippen molar-refractivity contribution in [3.63, 3.8) is 0 Å². The van der Waals surface area contributed by atoms with Gasteiger partial charge < -0.3 is 19.7 Å². The molecule has 0 aliphatic carbocycles. The van der Waals surface area contributed by atoms with Gasteiger partial charge in [-0.15, -0.1) is 0 Å². The second-order valence-corrected chi connectivity index (χ2v) is 5.52. The standard InChI is InChI=1S/C16H27N3O2/c1-18(10-11-19-8-6-17-7-9-19)13-14-4-5-15(20-2)16(12-14)21-3/h4-5,12,17H,6-11,13H2,1-3H3. The Bertz CT molecular complexity index is 434. The Labute approximate surface area is 127 Å². The van der Waals surface area contributed by atoms with E-state index in [1.54, 1.807) is 14.2 Å². The highest BCUT2D eigenvalue weighted by Crippen LogP contribution is 2.27. The van der Waals surface area contributed by atoms with Gasteiger partial charge in [0, 0.05) is 45.8 Å². The number of piperazine rings is 1. The monoisotopic (exact) mass is 293 g/mol. The molecule has 5 nitrogen and oxygen atoms in total. The summed E-state index contributed by atoms with van der Waals surface area (Å²) in [7, 11) is 5.51. The number of ether oxygens (including phenoxy) is 2. The van der Waals surface area contributed by atoms with Crippen molar-refractivity contribution in [3.8, 4) is 11.5 Å². The van der Waals surface area contributed by atoms with Gasteiger partial charge in [-0.25, -0.2) is 0 Å². The zero-order valence-electron chi connectivity index (χ0n) is 13.4. The van der Waals surface area contributed by atoms with E-state index in [1.165, 1.54) is 5.56 Å². The molecular weight excluding hydrogens is 266 g/mol. The van der Waals surface area contributed by atoms with Gasteiger partial charge in [-0.1, -0.05) is 6.07 Å². The van der Waals surface area contributed by atoms with E-state index in [0.717, 1.165) is 57.3 Å². The first-order chi connectivity index (χ1) is 10.2. The molecule has 21 heavy (non-hydrogen) atoms. The molecule has 1 saturated heterocycles. The van der Waals surface area contributed by atoms with Crippen LogP contribution in [0.5, 0.6) is 11.5 Å². The van der Waals surface area contributed by atoms with Crippen molar-refractivity contribution >= 4 is 0 Å². The molecule has 0 unspecified atom stereocenters. The first kappa shape index (κ1) is 16.1. The molecule has 1 fully saturated rings. The summed E-state index contributed by atoms with van der Waals surface area (Å²) in [6.07, 6.45) is 0. The fourth-order valence-corrected chi connectivity index (χ4v) is 2.62. The van der Waals surface area contributed by atoms with Crippen LogP contribution in [0.15, 0.2) is 18.2 Å². The highest BCUT2D eigenvalue weighted by Gasteiger charge is 2.11. The zero-order chi connectivity index (χ0) is 15.1. The van der Waals surface area contributed by atoms with Crippen molar-refractivity contribution in [1.82, 2.24) is 15.1 Å². The highest BCUT2D eigenvalue weighted by atomic mass is 16.5. The maximum atomic E-state index is 5.35. The van der Waals surface area contributed by atoms with Crippen LogP contribution in [-0.2, 0) is 6.54 Å². The average Bonchev–Trinajstić information content (AvgIpc) is 2.53. The minimum atomic E-state index is 0.782. The number of nitrogens with one attached hydrogen (secondary N) is 1. The van der Waals surface area contributed by atoms with Crippen LogP contribution in [0.1, 0.15) is 5.56 Å². The van der Waals surface area contributed by atoms with E-state index in [2.05, 4.69) is 34.3 Å². The third kappa shape index (κ3) is 4.88. The lowest BCUT2D eigenvalue weighted by molar-refractivity contribution is 0.202. The van der Waals surface area contributed by atoms with Crippen molar-refractivity contribution in [1.29, 1.82) is 0 Å². The fraction of sp³-hybridized carbons (Fsp3) is 0.625. The van der Waals surface area contributed by atoms with E-state index in [4.69, 9.17) is 9.47 Å². The summed E-state index contributed by atoms with van der Waals surface area (Å²) in [4.78, 5) is 4.87. The van der Waals surface area contributed by atoms with Gasteiger partial charge in [-0.3, -0.25) is 4.90 Å². The number of methoxy groups -OCH3 is 2. The predicted molar refractivity (Wildman–Crippen MR) is 85.2 cm³/mol. The molecule has 2 rings (SSSR count). The SMILES string of the molecule is COc1ccc(CN(C)CCN2CCNCC2)cc1OC. The molecular formula is C16H27N3O2. The maximum Gasteiger partial charge on any atom is 0.161 e. The van der Waals surface area contributed by atoms with E-state index >= 15 is 0 Å². The van der Waals surface area contributed by atoms with Gasteiger partial charge in [0.25, 0.3) is 0 Å². The Hall–Kier alpha value is -1.30. The van der Waals surface area contributed by atoms with Crippen LogP contribution in [0, 0.1) is 0 Å². The third-order valence-electron chi connectivity index (χ3n) is 3.91. The summed E-state index contributed by atoms with van der Waals surface area (Å²) in [6, 6.07) is 6.13. The normalized spacial score (nSPS) is 16.2. The Balaban J connectivity index is 1.82. The zero-order valence-corrected chi connectivity index (χ0v) is 13.4. The van der Waals surface area contributed by atoms with Gasteiger partial charge >= 0.3 is 0 Å². The van der Waals surface area contributed by atoms with Crippen LogP contribution in [0.3, 0.4) is 0 Å². The minimum absolute atomic E-state index is 0.782. The number of hydrogen-bond acceptors (Lipinski definition) is 5. The second-order valence-electron chi connectivity index (χ2n) is 5.52. The molecule has 1 aliphatic rings.